The van der Waals surface area contributed by atoms with Crippen LogP contribution in [0.3, 0.4) is 0 Å². The first kappa shape index (κ1) is 11.3. The molecule has 1 aliphatic rings. The third-order valence-electron chi connectivity index (χ3n) is 3.38. The quantitative estimate of drug-likeness (QED) is 0.855. The largest absolute Gasteiger partial charge is 0.391 e. The minimum Gasteiger partial charge on any atom is -0.391 e. The molecule has 0 bridgehead atoms. The molecule has 0 saturated carbocycles. The lowest BCUT2D eigenvalue weighted by Gasteiger charge is -2.26. The maximum absolute atomic E-state index is 11.6. The van der Waals surface area contributed by atoms with Gasteiger partial charge in [0.2, 0.25) is 5.91 Å². The van der Waals surface area contributed by atoms with Crippen LogP contribution in [0.2, 0.25) is 0 Å². The molecule has 0 atom stereocenters. The van der Waals surface area contributed by atoms with E-state index < -0.39 is 0 Å². The highest BCUT2D eigenvalue weighted by atomic mass is 32.1. The molecule has 2 heterocycles. The number of nitrogens with zero attached hydrogens (tertiary/aromatic N) is 1. The molecule has 0 radical (unpaired) electrons. The summed E-state index contributed by atoms with van der Waals surface area (Å²) in [6, 6.07) is 8.23. The number of hydrogen-bond acceptors (Lipinski definition) is 3. The Hall–Kier alpha value is -1.81. The Labute approximate surface area is 110 Å². The Morgan fingerprint density at radius 3 is 2.78 bits per heavy atom. The van der Waals surface area contributed by atoms with Crippen molar-refractivity contribution < 1.29 is 4.79 Å². The van der Waals surface area contributed by atoms with Crippen molar-refractivity contribution in [1.29, 1.82) is 0 Å². The van der Waals surface area contributed by atoms with Gasteiger partial charge in [-0.25, -0.2) is 0 Å². The van der Waals surface area contributed by atoms with Gasteiger partial charge in [-0.15, -0.1) is 11.3 Å². The number of carbonyl (C=O) groups excluding carboxylic acids is 1. The van der Waals surface area contributed by atoms with Crippen LogP contribution in [0, 0.1) is 0 Å². The van der Waals surface area contributed by atoms with Gasteiger partial charge in [-0.1, -0.05) is 6.07 Å². The van der Waals surface area contributed by atoms with Crippen molar-refractivity contribution in [2.75, 3.05) is 17.7 Å². The van der Waals surface area contributed by atoms with Crippen LogP contribution in [-0.4, -0.2) is 13.0 Å². The maximum atomic E-state index is 11.6. The molecule has 0 unspecified atom stereocenters. The van der Waals surface area contributed by atoms with Gasteiger partial charge in [0.15, 0.2) is 0 Å². The van der Waals surface area contributed by atoms with E-state index in [2.05, 4.69) is 17.5 Å². The number of fused-ring (bicyclic) bond motifs is 1. The molecule has 1 aromatic heterocycles. The van der Waals surface area contributed by atoms with E-state index in [9.17, 15) is 4.79 Å². The van der Waals surface area contributed by atoms with E-state index in [1.807, 2.05) is 19.2 Å². The Bertz CT molecular complexity index is 618. The van der Waals surface area contributed by atoms with Crippen LogP contribution in [0.15, 0.2) is 29.6 Å². The molecule has 0 saturated heterocycles. The molecule has 3 nitrogen and oxygen atoms in total. The van der Waals surface area contributed by atoms with Gasteiger partial charge in [-0.05, 0) is 41.3 Å². The lowest BCUT2D eigenvalue weighted by molar-refractivity contribution is -0.118. The minimum absolute atomic E-state index is 0.190. The van der Waals surface area contributed by atoms with Crippen molar-refractivity contribution >= 4 is 27.9 Å². The Kier molecular flexibility index (Phi) is 2.59. The number of aryl methyl sites for hydroxylation is 1. The molecule has 18 heavy (non-hydrogen) atoms. The lowest BCUT2D eigenvalue weighted by Crippen LogP contribution is -2.30. The number of nitrogen functional groups attached to an aromatic ring is 1. The molecule has 2 aromatic rings. The molecule has 4 heteroatoms. The standard InChI is InChI=1S/C14H14N2OS/c1-16-12-4-2-9(11-7-13(15)18-8-11)6-10(12)3-5-14(16)17/h2,4,6-8H,3,5,15H2,1H3. The lowest BCUT2D eigenvalue weighted by atomic mass is 9.97. The van der Waals surface area contributed by atoms with E-state index in [1.54, 1.807) is 16.2 Å². The highest BCUT2D eigenvalue weighted by Gasteiger charge is 2.20. The molecule has 1 aliphatic heterocycles. The van der Waals surface area contributed by atoms with E-state index in [1.165, 1.54) is 11.1 Å². The fraction of sp³-hybridized carbons (Fsp3) is 0.214. The number of amides is 1. The number of rotatable bonds is 1. The summed E-state index contributed by atoms with van der Waals surface area (Å²) in [5.74, 6) is 0.190. The van der Waals surface area contributed by atoms with Crippen LogP contribution < -0.4 is 10.6 Å². The average molecular weight is 258 g/mol. The number of nitrogens with two attached hydrogens (primary N) is 1. The third kappa shape index (κ3) is 1.78. The average Bonchev–Trinajstić information content (AvgIpc) is 2.80. The van der Waals surface area contributed by atoms with Gasteiger partial charge in [0.05, 0.1) is 5.00 Å². The van der Waals surface area contributed by atoms with Crippen LogP contribution in [0.1, 0.15) is 12.0 Å². The van der Waals surface area contributed by atoms with Crippen molar-refractivity contribution in [3.63, 3.8) is 0 Å². The maximum Gasteiger partial charge on any atom is 0.227 e. The summed E-state index contributed by atoms with van der Waals surface area (Å²) in [7, 11) is 1.84. The Morgan fingerprint density at radius 2 is 2.06 bits per heavy atom. The molecule has 0 fully saturated rings. The molecule has 2 N–H and O–H groups in total. The monoisotopic (exact) mass is 258 g/mol. The summed E-state index contributed by atoms with van der Waals surface area (Å²) < 4.78 is 0. The molecular weight excluding hydrogens is 244 g/mol. The zero-order valence-electron chi connectivity index (χ0n) is 10.1. The summed E-state index contributed by atoms with van der Waals surface area (Å²) in [4.78, 5) is 13.4. The summed E-state index contributed by atoms with van der Waals surface area (Å²) in [5.41, 5.74) is 10.3. The van der Waals surface area contributed by atoms with E-state index in [0.29, 0.717) is 6.42 Å². The number of anilines is 2. The van der Waals surface area contributed by atoms with Crippen LogP contribution in [-0.2, 0) is 11.2 Å². The molecule has 1 amide bonds. The van der Waals surface area contributed by atoms with Gasteiger partial charge >= 0.3 is 0 Å². The van der Waals surface area contributed by atoms with Gasteiger partial charge in [0.1, 0.15) is 0 Å². The topological polar surface area (TPSA) is 46.3 Å². The number of hydrogen-bond donors (Lipinski definition) is 1. The zero-order valence-corrected chi connectivity index (χ0v) is 11.0. The molecular formula is C14H14N2OS. The predicted molar refractivity (Wildman–Crippen MR) is 75.9 cm³/mol. The van der Waals surface area contributed by atoms with Crippen LogP contribution in [0.25, 0.3) is 11.1 Å². The number of carbonyl (C=O) groups is 1. The second-order valence-electron chi connectivity index (χ2n) is 4.53. The normalized spacial score (nSPS) is 14.7. The Morgan fingerprint density at radius 1 is 1.22 bits per heavy atom. The van der Waals surface area contributed by atoms with Crippen molar-refractivity contribution in [1.82, 2.24) is 0 Å². The summed E-state index contributed by atoms with van der Waals surface area (Å²) in [6.07, 6.45) is 1.42. The van der Waals surface area contributed by atoms with Crippen molar-refractivity contribution in [3.05, 3.63) is 35.2 Å². The van der Waals surface area contributed by atoms with Gasteiger partial charge in [0, 0.05) is 24.5 Å². The summed E-state index contributed by atoms with van der Waals surface area (Å²) >= 11 is 1.55. The van der Waals surface area contributed by atoms with Crippen molar-refractivity contribution in [3.8, 4) is 11.1 Å². The highest BCUT2D eigenvalue weighted by Crippen LogP contribution is 2.33. The number of benzene rings is 1. The fourth-order valence-electron chi connectivity index (χ4n) is 2.34. The van der Waals surface area contributed by atoms with Crippen LogP contribution >= 0.6 is 11.3 Å². The SMILES string of the molecule is CN1C(=O)CCc2cc(-c3csc(N)c3)ccc21. The summed E-state index contributed by atoms with van der Waals surface area (Å²) in [6.45, 7) is 0. The van der Waals surface area contributed by atoms with Gasteiger partial charge < -0.3 is 10.6 Å². The Balaban J connectivity index is 2.04. The minimum atomic E-state index is 0.190. The van der Waals surface area contributed by atoms with Gasteiger partial charge in [0.25, 0.3) is 0 Å². The van der Waals surface area contributed by atoms with Crippen molar-refractivity contribution in [2.24, 2.45) is 0 Å². The second kappa shape index (κ2) is 4.14. The fourth-order valence-corrected chi connectivity index (χ4v) is 3.00. The van der Waals surface area contributed by atoms with E-state index in [0.717, 1.165) is 22.7 Å². The van der Waals surface area contributed by atoms with E-state index >= 15 is 0 Å². The van der Waals surface area contributed by atoms with E-state index in [4.69, 9.17) is 5.73 Å². The summed E-state index contributed by atoms with van der Waals surface area (Å²) in [5, 5.41) is 2.89. The first-order chi connectivity index (χ1) is 8.65. The first-order valence-corrected chi connectivity index (χ1v) is 6.77. The molecule has 92 valence electrons. The van der Waals surface area contributed by atoms with Gasteiger partial charge in [-0.2, -0.15) is 0 Å². The zero-order chi connectivity index (χ0) is 12.7. The second-order valence-corrected chi connectivity index (χ2v) is 5.48. The molecule has 1 aromatic carbocycles. The number of thiophene rings is 1. The highest BCUT2D eigenvalue weighted by molar-refractivity contribution is 7.14. The third-order valence-corrected chi connectivity index (χ3v) is 4.14. The molecule has 3 rings (SSSR count). The van der Waals surface area contributed by atoms with Crippen LogP contribution in [0.4, 0.5) is 10.7 Å². The molecule has 0 aliphatic carbocycles. The van der Waals surface area contributed by atoms with Gasteiger partial charge in [-0.3, -0.25) is 4.79 Å². The predicted octanol–water partition coefficient (Wildman–Crippen LogP) is 2.91. The van der Waals surface area contributed by atoms with Crippen molar-refractivity contribution in [2.45, 2.75) is 12.8 Å². The van der Waals surface area contributed by atoms with Crippen LogP contribution in [0.5, 0.6) is 0 Å². The molecule has 0 spiro atoms. The van der Waals surface area contributed by atoms with E-state index in [-0.39, 0.29) is 5.91 Å². The smallest absolute Gasteiger partial charge is 0.227 e. The first-order valence-electron chi connectivity index (χ1n) is 5.89.